The van der Waals surface area contributed by atoms with Gasteiger partial charge in [-0.1, -0.05) is 104 Å². The first-order chi connectivity index (χ1) is 21.5. The van der Waals surface area contributed by atoms with E-state index in [-0.39, 0.29) is 40.4 Å². The molecule has 0 spiro atoms. The Hall–Kier alpha value is -4.21. The van der Waals surface area contributed by atoms with Crippen LogP contribution in [-0.2, 0) is 32.6 Å². The summed E-state index contributed by atoms with van der Waals surface area (Å²) in [6.07, 6.45) is 0.204. The highest BCUT2D eigenvalue weighted by Gasteiger charge is 2.35. The minimum atomic E-state index is -4.31. The molecule has 0 aromatic heterocycles. The summed E-state index contributed by atoms with van der Waals surface area (Å²) in [6.45, 7) is 5.67. The van der Waals surface area contributed by atoms with Gasteiger partial charge in [0, 0.05) is 19.5 Å². The number of halogens is 2. The summed E-state index contributed by atoms with van der Waals surface area (Å²) in [5, 5.41) is 2.67. The summed E-state index contributed by atoms with van der Waals surface area (Å²) >= 11 is 6.07. The molecule has 45 heavy (non-hydrogen) atoms. The molecule has 4 rings (SSSR count). The van der Waals surface area contributed by atoms with E-state index in [4.69, 9.17) is 11.6 Å². The number of nitrogens with zero attached hydrogens (tertiary/aromatic N) is 2. The van der Waals surface area contributed by atoms with Crippen molar-refractivity contribution in [3.8, 4) is 0 Å². The molecule has 7 nitrogen and oxygen atoms in total. The fraction of sp³-hybridized carbons (Fsp3) is 0.257. The summed E-state index contributed by atoms with van der Waals surface area (Å²) in [6, 6.07) is 27.1. The monoisotopic (exact) mass is 649 g/mol. The van der Waals surface area contributed by atoms with E-state index in [1.807, 2.05) is 75.4 Å². The van der Waals surface area contributed by atoms with Gasteiger partial charge in [0.1, 0.15) is 18.4 Å². The van der Waals surface area contributed by atoms with Crippen LogP contribution in [0.15, 0.2) is 108 Å². The first-order valence-electron chi connectivity index (χ1n) is 14.6. The molecule has 0 bridgehead atoms. The lowest BCUT2D eigenvalue weighted by Gasteiger charge is -2.34. The Bertz CT molecular complexity index is 1720. The number of hydrogen-bond donors (Lipinski definition) is 1. The van der Waals surface area contributed by atoms with Crippen molar-refractivity contribution in [3.63, 3.8) is 0 Å². The smallest absolute Gasteiger partial charge is 0.264 e. The second-order valence-electron chi connectivity index (χ2n) is 11.3. The van der Waals surface area contributed by atoms with E-state index >= 15 is 0 Å². The van der Waals surface area contributed by atoms with E-state index in [0.29, 0.717) is 6.54 Å². The average Bonchev–Trinajstić information content (AvgIpc) is 3.02. The van der Waals surface area contributed by atoms with Crippen LogP contribution in [0.25, 0.3) is 0 Å². The lowest BCUT2D eigenvalue weighted by atomic mass is 10.0. The lowest BCUT2D eigenvalue weighted by molar-refractivity contribution is -0.140. The molecular formula is C35H37ClFN3O4S. The molecule has 0 aliphatic heterocycles. The van der Waals surface area contributed by atoms with Crippen molar-refractivity contribution in [2.75, 3.05) is 17.4 Å². The quantitative estimate of drug-likeness (QED) is 0.182. The number of nitrogens with one attached hydrogen (secondary N) is 1. The Morgan fingerprint density at radius 1 is 0.867 bits per heavy atom. The third-order valence-corrected chi connectivity index (χ3v) is 9.27. The third kappa shape index (κ3) is 8.93. The van der Waals surface area contributed by atoms with Gasteiger partial charge < -0.3 is 10.2 Å². The molecule has 0 fully saturated rings. The normalized spacial score (nSPS) is 12.0. The summed E-state index contributed by atoms with van der Waals surface area (Å²) < 4.78 is 43.1. The minimum absolute atomic E-state index is 0.0120. The van der Waals surface area contributed by atoms with Crippen LogP contribution in [0, 0.1) is 18.7 Å². The Morgan fingerprint density at radius 2 is 1.51 bits per heavy atom. The van der Waals surface area contributed by atoms with Crippen LogP contribution in [0.1, 0.15) is 30.5 Å². The molecule has 0 aliphatic carbocycles. The maximum Gasteiger partial charge on any atom is 0.264 e. The van der Waals surface area contributed by atoms with E-state index in [9.17, 15) is 22.4 Å². The fourth-order valence-electron chi connectivity index (χ4n) is 4.87. The van der Waals surface area contributed by atoms with Crippen molar-refractivity contribution in [3.05, 3.63) is 131 Å². The summed E-state index contributed by atoms with van der Waals surface area (Å²) in [5.41, 5.74) is 2.60. The van der Waals surface area contributed by atoms with Gasteiger partial charge in [-0.2, -0.15) is 0 Å². The van der Waals surface area contributed by atoms with Gasteiger partial charge in [-0.3, -0.25) is 13.9 Å². The van der Waals surface area contributed by atoms with Crippen LogP contribution < -0.4 is 9.62 Å². The van der Waals surface area contributed by atoms with Gasteiger partial charge in [0.25, 0.3) is 10.0 Å². The van der Waals surface area contributed by atoms with Crippen molar-refractivity contribution in [2.45, 2.75) is 44.7 Å². The Labute approximate surface area is 269 Å². The number of anilines is 1. The van der Waals surface area contributed by atoms with Gasteiger partial charge in [0.15, 0.2) is 0 Å². The number of amides is 2. The highest BCUT2D eigenvalue weighted by molar-refractivity contribution is 7.92. The van der Waals surface area contributed by atoms with Gasteiger partial charge in [-0.25, -0.2) is 12.8 Å². The van der Waals surface area contributed by atoms with Crippen LogP contribution in [0.4, 0.5) is 10.1 Å². The molecule has 236 valence electrons. The van der Waals surface area contributed by atoms with Crippen molar-refractivity contribution in [1.29, 1.82) is 0 Å². The predicted octanol–water partition coefficient (Wildman–Crippen LogP) is 6.40. The van der Waals surface area contributed by atoms with E-state index in [0.717, 1.165) is 27.1 Å². The molecule has 0 heterocycles. The molecule has 2 amide bonds. The molecule has 0 unspecified atom stereocenters. The van der Waals surface area contributed by atoms with Gasteiger partial charge in [-0.15, -0.1) is 0 Å². The van der Waals surface area contributed by atoms with E-state index in [1.54, 1.807) is 18.2 Å². The predicted molar refractivity (Wildman–Crippen MR) is 176 cm³/mol. The zero-order chi connectivity index (χ0) is 32.6. The fourth-order valence-corrected chi connectivity index (χ4v) is 6.47. The molecule has 1 N–H and O–H groups in total. The number of sulfonamides is 1. The van der Waals surface area contributed by atoms with Crippen molar-refractivity contribution < 1.29 is 22.4 Å². The molecule has 4 aromatic rings. The molecule has 1 atom stereocenters. The van der Waals surface area contributed by atoms with E-state index in [1.165, 1.54) is 29.2 Å². The summed E-state index contributed by atoms with van der Waals surface area (Å²) in [7, 11) is -4.31. The number of carbonyl (C=O) groups is 2. The number of benzene rings is 4. The van der Waals surface area contributed by atoms with E-state index < -0.39 is 34.3 Å². The zero-order valence-electron chi connectivity index (χ0n) is 25.5. The van der Waals surface area contributed by atoms with Crippen LogP contribution in [0.5, 0.6) is 0 Å². The largest absolute Gasteiger partial charge is 0.354 e. The number of aryl methyl sites for hydroxylation is 1. The van der Waals surface area contributed by atoms with Crippen molar-refractivity contribution in [1.82, 2.24) is 10.2 Å². The first-order valence-corrected chi connectivity index (χ1v) is 16.5. The highest BCUT2D eigenvalue weighted by atomic mass is 35.5. The molecular weight excluding hydrogens is 613 g/mol. The van der Waals surface area contributed by atoms with Crippen LogP contribution in [0.3, 0.4) is 0 Å². The highest BCUT2D eigenvalue weighted by Crippen LogP contribution is 2.28. The number of carbonyl (C=O) groups excluding carboxylic acids is 2. The topological polar surface area (TPSA) is 86.8 Å². The number of hydrogen-bond acceptors (Lipinski definition) is 4. The Morgan fingerprint density at radius 3 is 2.13 bits per heavy atom. The molecule has 4 aromatic carbocycles. The molecule has 0 saturated carbocycles. The van der Waals surface area contributed by atoms with Crippen LogP contribution in [0.2, 0.25) is 5.02 Å². The second-order valence-corrected chi connectivity index (χ2v) is 13.5. The molecule has 0 saturated heterocycles. The summed E-state index contributed by atoms with van der Waals surface area (Å²) in [5.74, 6) is -1.52. The summed E-state index contributed by atoms with van der Waals surface area (Å²) in [4.78, 5) is 29.6. The SMILES string of the molecule is Cc1cccc(CN(C(=O)CN(c2ccc(F)c(Cl)c2)S(=O)(=O)c2ccccc2)[C@@H](Cc2ccccc2)C(=O)NCC(C)C)c1. The zero-order valence-corrected chi connectivity index (χ0v) is 27.1. The average molecular weight is 650 g/mol. The Balaban J connectivity index is 1.81. The second kappa shape index (κ2) is 15.2. The first kappa shape index (κ1) is 33.7. The van der Waals surface area contributed by atoms with Gasteiger partial charge >= 0.3 is 0 Å². The van der Waals surface area contributed by atoms with Crippen LogP contribution in [-0.4, -0.2) is 44.3 Å². The molecule has 0 radical (unpaired) electrons. The maximum atomic E-state index is 14.5. The van der Waals surface area contributed by atoms with Crippen molar-refractivity contribution in [2.24, 2.45) is 5.92 Å². The Kier molecular flexibility index (Phi) is 11.4. The van der Waals surface area contributed by atoms with Gasteiger partial charge in [0.05, 0.1) is 15.6 Å². The standard InChI is InChI=1S/C35H37ClFN3O4S/c1-25(2)22-38-35(42)33(20-27-12-6-4-7-13-27)39(23-28-14-10-11-26(3)19-28)34(41)24-40(29-17-18-32(37)31(36)21-29)45(43,44)30-15-8-5-9-16-30/h4-19,21,25,33H,20,22-24H2,1-3H3,(H,38,42)/t33-/m0/s1. The third-order valence-electron chi connectivity index (χ3n) is 7.19. The number of rotatable bonds is 13. The minimum Gasteiger partial charge on any atom is -0.354 e. The molecule has 0 aliphatic rings. The van der Waals surface area contributed by atoms with Gasteiger partial charge in [-0.05, 0) is 54.3 Å². The van der Waals surface area contributed by atoms with Crippen molar-refractivity contribution >= 4 is 39.1 Å². The maximum absolute atomic E-state index is 14.5. The van der Waals surface area contributed by atoms with Crippen LogP contribution >= 0.6 is 11.6 Å². The lowest BCUT2D eigenvalue weighted by Crippen LogP contribution is -2.53. The van der Waals surface area contributed by atoms with Gasteiger partial charge in [0.2, 0.25) is 11.8 Å². The molecule has 10 heteroatoms. The van der Waals surface area contributed by atoms with E-state index in [2.05, 4.69) is 5.32 Å².